The summed E-state index contributed by atoms with van der Waals surface area (Å²) in [6, 6.07) is 15.7. The molecule has 6 nitrogen and oxygen atoms in total. The lowest BCUT2D eigenvalue weighted by molar-refractivity contribution is 0.267. The van der Waals surface area contributed by atoms with E-state index < -0.39 is 5.92 Å². The van der Waals surface area contributed by atoms with E-state index in [0.29, 0.717) is 43.9 Å². The summed E-state index contributed by atoms with van der Waals surface area (Å²) in [5, 5.41) is 20.7. The van der Waals surface area contributed by atoms with E-state index in [1.807, 2.05) is 19.1 Å². The van der Waals surface area contributed by atoms with Crippen LogP contribution in [0.25, 0.3) is 0 Å². The summed E-state index contributed by atoms with van der Waals surface area (Å²) >= 11 is 15.9. The Bertz CT molecular complexity index is 1340. The number of hydrogen-bond donors (Lipinski definition) is 2. The number of allylic oxidation sites excluding steroid dienone is 1. The molecular formula is C25H19BrCl2N2O4. The van der Waals surface area contributed by atoms with Crippen molar-refractivity contribution in [1.29, 1.82) is 5.26 Å². The van der Waals surface area contributed by atoms with Gasteiger partial charge in [-0.25, -0.2) is 0 Å². The summed E-state index contributed by atoms with van der Waals surface area (Å²) in [7, 11) is 0. The number of nitrogens with two attached hydrogens (primary N) is 1. The minimum Gasteiger partial charge on any atom is -0.508 e. The monoisotopic (exact) mass is 560 g/mol. The fourth-order valence-corrected chi connectivity index (χ4v) is 4.77. The maximum atomic E-state index is 9.87. The summed E-state index contributed by atoms with van der Waals surface area (Å²) < 4.78 is 18.2. The zero-order valence-electron chi connectivity index (χ0n) is 17.9. The Labute approximate surface area is 215 Å². The van der Waals surface area contributed by atoms with Gasteiger partial charge in [-0.15, -0.1) is 0 Å². The van der Waals surface area contributed by atoms with Crippen LogP contribution in [-0.2, 0) is 6.61 Å². The molecule has 0 aliphatic carbocycles. The van der Waals surface area contributed by atoms with E-state index in [0.717, 1.165) is 11.1 Å². The Balaban J connectivity index is 1.76. The number of hydrogen-bond acceptors (Lipinski definition) is 6. The highest BCUT2D eigenvalue weighted by atomic mass is 79.9. The van der Waals surface area contributed by atoms with Gasteiger partial charge in [-0.3, -0.25) is 0 Å². The fourth-order valence-electron chi connectivity index (χ4n) is 3.73. The molecule has 0 aromatic heterocycles. The summed E-state index contributed by atoms with van der Waals surface area (Å²) in [6.07, 6.45) is 0. The standard InChI is InChI=1S/C25H19BrCl2N2O4/c1-2-32-22-8-14(7-19(26)24(22)33-12-13-3-4-15(27)9-20(13)28)23-17-6-5-16(31)10-21(17)34-25(30)18(23)11-29/h3-10,23,31H,2,12,30H2,1H3/t23-/m1/s1. The van der Waals surface area contributed by atoms with Crippen molar-refractivity contribution in [3.63, 3.8) is 0 Å². The van der Waals surface area contributed by atoms with Crippen LogP contribution in [0.5, 0.6) is 23.0 Å². The molecule has 0 radical (unpaired) electrons. The van der Waals surface area contributed by atoms with Crippen molar-refractivity contribution >= 4 is 39.1 Å². The number of nitrogens with zero attached hydrogens (tertiary/aromatic N) is 1. The highest BCUT2D eigenvalue weighted by Gasteiger charge is 2.32. The highest BCUT2D eigenvalue weighted by Crippen LogP contribution is 2.47. The van der Waals surface area contributed by atoms with E-state index in [1.54, 1.807) is 24.3 Å². The highest BCUT2D eigenvalue weighted by molar-refractivity contribution is 9.10. The van der Waals surface area contributed by atoms with Gasteiger partial charge < -0.3 is 25.1 Å². The normalized spacial score (nSPS) is 14.7. The van der Waals surface area contributed by atoms with Crippen LogP contribution in [-0.4, -0.2) is 11.7 Å². The molecule has 0 saturated carbocycles. The quantitative estimate of drug-likeness (QED) is 0.349. The van der Waals surface area contributed by atoms with Crippen molar-refractivity contribution in [3.8, 4) is 29.1 Å². The SMILES string of the molecule is CCOc1cc([C@H]2C(C#N)=C(N)Oc3cc(O)ccc32)cc(Br)c1OCc1ccc(Cl)cc1Cl. The van der Waals surface area contributed by atoms with Crippen molar-refractivity contribution in [2.24, 2.45) is 5.73 Å². The van der Waals surface area contributed by atoms with Gasteiger partial charge in [0.25, 0.3) is 0 Å². The molecule has 174 valence electrons. The van der Waals surface area contributed by atoms with Crippen LogP contribution in [0.2, 0.25) is 10.0 Å². The van der Waals surface area contributed by atoms with Crippen molar-refractivity contribution in [2.75, 3.05) is 6.61 Å². The van der Waals surface area contributed by atoms with Gasteiger partial charge in [0.1, 0.15) is 29.7 Å². The van der Waals surface area contributed by atoms with E-state index in [4.69, 9.17) is 43.1 Å². The largest absolute Gasteiger partial charge is 0.508 e. The number of rotatable bonds is 6. The Kier molecular flexibility index (Phi) is 7.13. The molecule has 0 spiro atoms. The van der Waals surface area contributed by atoms with Gasteiger partial charge >= 0.3 is 0 Å². The topological polar surface area (TPSA) is 97.7 Å². The molecule has 0 amide bonds. The van der Waals surface area contributed by atoms with Crippen molar-refractivity contribution in [2.45, 2.75) is 19.4 Å². The van der Waals surface area contributed by atoms with Crippen LogP contribution in [0.1, 0.15) is 29.5 Å². The number of halogens is 3. The number of phenolic OH excluding ortho intramolecular Hbond substituents is 1. The first-order valence-corrected chi connectivity index (χ1v) is 11.8. The second kappa shape index (κ2) is 10.1. The summed E-state index contributed by atoms with van der Waals surface area (Å²) in [5.41, 5.74) is 8.51. The Morgan fingerprint density at radius 2 is 1.94 bits per heavy atom. The molecule has 3 aromatic rings. The molecule has 0 saturated heterocycles. The third-order valence-corrected chi connectivity index (χ3v) is 6.43. The zero-order chi connectivity index (χ0) is 24.4. The Hall–Kier alpha value is -3.05. The molecule has 1 atom stereocenters. The first-order valence-electron chi connectivity index (χ1n) is 10.3. The van der Waals surface area contributed by atoms with Gasteiger partial charge in [0.15, 0.2) is 11.5 Å². The van der Waals surface area contributed by atoms with Crippen molar-refractivity contribution in [1.82, 2.24) is 0 Å². The van der Waals surface area contributed by atoms with E-state index in [9.17, 15) is 10.4 Å². The van der Waals surface area contributed by atoms with Gasteiger partial charge in [-0.1, -0.05) is 35.3 Å². The lowest BCUT2D eigenvalue weighted by atomic mass is 9.83. The number of nitriles is 1. The predicted octanol–water partition coefficient (Wildman–Crippen LogP) is 6.66. The molecule has 1 aliphatic rings. The molecule has 9 heteroatoms. The molecule has 0 fully saturated rings. The average Bonchev–Trinajstić information content (AvgIpc) is 2.78. The van der Waals surface area contributed by atoms with Gasteiger partial charge in [-0.2, -0.15) is 5.26 Å². The molecule has 1 heterocycles. The number of aromatic hydroxyl groups is 1. The molecular weight excluding hydrogens is 543 g/mol. The summed E-state index contributed by atoms with van der Waals surface area (Å²) in [5.74, 6) is 0.853. The molecule has 3 aromatic carbocycles. The van der Waals surface area contributed by atoms with Crippen LogP contribution < -0.4 is 19.9 Å². The van der Waals surface area contributed by atoms with Crippen LogP contribution in [0.15, 0.2) is 64.5 Å². The second-order valence-corrected chi connectivity index (χ2v) is 9.13. The molecule has 0 bridgehead atoms. The number of ether oxygens (including phenoxy) is 3. The van der Waals surface area contributed by atoms with Gasteiger partial charge in [0.05, 0.1) is 17.0 Å². The van der Waals surface area contributed by atoms with E-state index >= 15 is 0 Å². The van der Waals surface area contributed by atoms with E-state index in [1.165, 1.54) is 12.1 Å². The minimum atomic E-state index is -0.524. The van der Waals surface area contributed by atoms with E-state index in [-0.39, 0.29) is 23.8 Å². The van der Waals surface area contributed by atoms with Crippen LogP contribution in [0.4, 0.5) is 0 Å². The lowest BCUT2D eigenvalue weighted by Crippen LogP contribution is -2.21. The van der Waals surface area contributed by atoms with Gasteiger partial charge in [0, 0.05) is 27.2 Å². The summed E-state index contributed by atoms with van der Waals surface area (Å²) in [4.78, 5) is 0. The third kappa shape index (κ3) is 4.76. The number of phenols is 1. The van der Waals surface area contributed by atoms with Gasteiger partial charge in [0.2, 0.25) is 5.88 Å². The van der Waals surface area contributed by atoms with E-state index in [2.05, 4.69) is 22.0 Å². The van der Waals surface area contributed by atoms with Crippen molar-refractivity contribution in [3.05, 3.63) is 91.2 Å². The minimum absolute atomic E-state index is 0.0163. The summed E-state index contributed by atoms with van der Waals surface area (Å²) in [6.45, 7) is 2.46. The fraction of sp³-hybridized carbons (Fsp3) is 0.160. The lowest BCUT2D eigenvalue weighted by Gasteiger charge is -2.27. The molecule has 4 rings (SSSR count). The van der Waals surface area contributed by atoms with Crippen LogP contribution in [0, 0.1) is 11.3 Å². The zero-order valence-corrected chi connectivity index (χ0v) is 21.0. The smallest absolute Gasteiger partial charge is 0.205 e. The first kappa shape index (κ1) is 24.1. The molecule has 34 heavy (non-hydrogen) atoms. The number of benzene rings is 3. The maximum Gasteiger partial charge on any atom is 0.205 e. The number of fused-ring (bicyclic) bond motifs is 1. The Morgan fingerprint density at radius 1 is 1.15 bits per heavy atom. The second-order valence-electron chi connectivity index (χ2n) is 7.43. The predicted molar refractivity (Wildman–Crippen MR) is 134 cm³/mol. The average molecular weight is 562 g/mol. The molecule has 1 aliphatic heterocycles. The van der Waals surface area contributed by atoms with Gasteiger partial charge in [-0.05, 0) is 58.7 Å². The van der Waals surface area contributed by atoms with Crippen molar-refractivity contribution < 1.29 is 19.3 Å². The molecule has 0 unspecified atom stereocenters. The maximum absolute atomic E-state index is 9.87. The van der Waals surface area contributed by atoms with Crippen LogP contribution in [0.3, 0.4) is 0 Å². The first-order chi connectivity index (χ1) is 16.3. The Morgan fingerprint density at radius 3 is 2.65 bits per heavy atom. The van der Waals surface area contributed by atoms with Crippen LogP contribution >= 0.6 is 39.1 Å². The third-order valence-electron chi connectivity index (χ3n) is 5.25. The molecule has 3 N–H and O–H groups in total.